The van der Waals surface area contributed by atoms with Crippen LogP contribution in [-0.2, 0) is 4.79 Å². The van der Waals surface area contributed by atoms with Gasteiger partial charge in [-0.3, -0.25) is 4.79 Å². The van der Waals surface area contributed by atoms with Gasteiger partial charge in [0.1, 0.15) is 5.75 Å². The number of allylic oxidation sites excluding steroid dienone is 1. The highest BCUT2D eigenvalue weighted by Crippen LogP contribution is 2.46. The van der Waals surface area contributed by atoms with Gasteiger partial charge in [0.05, 0.1) is 37.2 Å². The third kappa shape index (κ3) is 5.01. The van der Waals surface area contributed by atoms with Crippen molar-refractivity contribution in [1.29, 1.82) is 0 Å². The van der Waals surface area contributed by atoms with Crippen molar-refractivity contribution >= 4 is 17.2 Å². The summed E-state index contributed by atoms with van der Waals surface area (Å²) in [5, 5.41) is 7.26. The molecule has 0 spiro atoms. The second kappa shape index (κ2) is 10.6. The van der Waals surface area contributed by atoms with Crippen molar-refractivity contribution in [2.45, 2.75) is 51.7 Å². The van der Waals surface area contributed by atoms with Crippen molar-refractivity contribution in [3.63, 3.8) is 0 Å². The van der Waals surface area contributed by atoms with E-state index >= 15 is 0 Å². The molecule has 3 aromatic carbocycles. The molecule has 2 atom stereocenters. The number of ketones is 1. The minimum atomic E-state index is -0.329. The highest BCUT2D eigenvalue weighted by molar-refractivity contribution is 6.01. The molecule has 3 aromatic rings. The first-order valence-electron chi connectivity index (χ1n) is 12.9. The lowest BCUT2D eigenvalue weighted by Crippen LogP contribution is -2.27. The minimum Gasteiger partial charge on any atom is -0.496 e. The zero-order chi connectivity index (χ0) is 25.9. The number of carbonyl (C=O) groups excluding carboxylic acids is 1. The summed E-state index contributed by atoms with van der Waals surface area (Å²) in [6.45, 7) is 6.47. The van der Waals surface area contributed by atoms with Gasteiger partial charge in [-0.1, -0.05) is 36.4 Å². The fraction of sp³-hybridized carbons (Fsp3) is 0.323. The van der Waals surface area contributed by atoms with E-state index in [9.17, 15) is 4.79 Å². The maximum absolute atomic E-state index is 13.9. The van der Waals surface area contributed by atoms with Crippen LogP contribution in [0.1, 0.15) is 56.7 Å². The van der Waals surface area contributed by atoms with E-state index in [0.29, 0.717) is 30.9 Å². The van der Waals surface area contributed by atoms with Crippen LogP contribution in [0.15, 0.2) is 78.0 Å². The van der Waals surface area contributed by atoms with Crippen LogP contribution in [0.4, 0.5) is 11.4 Å². The van der Waals surface area contributed by atoms with Crippen LogP contribution in [0.5, 0.6) is 17.2 Å². The molecule has 2 N–H and O–H groups in total. The lowest BCUT2D eigenvalue weighted by Gasteiger charge is -2.30. The molecule has 0 fully saturated rings. The van der Waals surface area contributed by atoms with Gasteiger partial charge in [-0.15, -0.1) is 0 Å². The topological polar surface area (TPSA) is 68.8 Å². The first-order valence-corrected chi connectivity index (χ1v) is 12.9. The van der Waals surface area contributed by atoms with E-state index < -0.39 is 0 Å². The number of carbonyl (C=O) groups is 1. The lowest BCUT2D eigenvalue weighted by atomic mass is 9.78. The standard InChI is InChI=1S/C31H34N2O4/c1-5-36-29-18-20(14-15-28(29)37-19(2)3)31-30-25(32-23-11-7-8-12-24(23)33-31)16-21(17-26(30)34)22-10-6-9-13-27(22)35-4/h6-15,18-19,21,31-33H,5,16-17H2,1-4H3. The number of nitrogens with one attached hydrogen (secondary N) is 2. The predicted octanol–water partition coefficient (Wildman–Crippen LogP) is 6.86. The highest BCUT2D eigenvalue weighted by atomic mass is 16.5. The Morgan fingerprint density at radius 2 is 1.68 bits per heavy atom. The predicted molar refractivity (Wildman–Crippen MR) is 147 cm³/mol. The van der Waals surface area contributed by atoms with E-state index in [0.717, 1.165) is 39.5 Å². The van der Waals surface area contributed by atoms with Crippen LogP contribution < -0.4 is 24.8 Å². The summed E-state index contributed by atoms with van der Waals surface area (Å²) in [5.41, 5.74) is 5.62. The number of ether oxygens (including phenoxy) is 3. The molecule has 2 unspecified atom stereocenters. The molecule has 6 heteroatoms. The Kier molecular flexibility index (Phi) is 7.08. The van der Waals surface area contributed by atoms with Gasteiger partial charge >= 0.3 is 0 Å². The number of methoxy groups -OCH3 is 1. The van der Waals surface area contributed by atoms with Crippen LogP contribution in [-0.4, -0.2) is 25.6 Å². The second-order valence-electron chi connectivity index (χ2n) is 9.72. The van der Waals surface area contributed by atoms with Gasteiger partial charge in [-0.05, 0) is 68.7 Å². The maximum atomic E-state index is 13.9. The van der Waals surface area contributed by atoms with Crippen LogP contribution >= 0.6 is 0 Å². The zero-order valence-electron chi connectivity index (χ0n) is 21.8. The average Bonchev–Trinajstić information content (AvgIpc) is 3.06. The first kappa shape index (κ1) is 24.8. The largest absolute Gasteiger partial charge is 0.496 e. The molecule has 2 aliphatic rings. The number of benzene rings is 3. The van der Waals surface area contributed by atoms with Crippen LogP contribution in [0.2, 0.25) is 0 Å². The summed E-state index contributed by atoms with van der Waals surface area (Å²) in [6, 6.07) is 21.7. The molecule has 5 rings (SSSR count). The summed E-state index contributed by atoms with van der Waals surface area (Å²) in [7, 11) is 1.68. The van der Waals surface area contributed by atoms with Crippen molar-refractivity contribution in [1.82, 2.24) is 0 Å². The molecule has 0 saturated heterocycles. The van der Waals surface area contributed by atoms with Crippen molar-refractivity contribution in [3.05, 3.63) is 89.1 Å². The molecule has 0 saturated carbocycles. The Balaban J connectivity index is 1.60. The number of anilines is 2. The number of Topliss-reactive ketones (excluding diaryl/α,β-unsaturated/α-hetero) is 1. The van der Waals surface area contributed by atoms with Crippen molar-refractivity contribution < 1.29 is 19.0 Å². The SMILES string of the molecule is CCOc1cc(C2Nc3ccccc3NC3=C2C(=O)CC(c2ccccc2OC)C3)ccc1OC(C)C. The van der Waals surface area contributed by atoms with Gasteiger partial charge in [0, 0.05) is 23.6 Å². The monoisotopic (exact) mass is 498 g/mol. The molecule has 1 heterocycles. The van der Waals surface area contributed by atoms with Crippen molar-refractivity contribution in [3.8, 4) is 17.2 Å². The molecule has 0 aromatic heterocycles. The molecule has 0 radical (unpaired) electrons. The van der Waals surface area contributed by atoms with E-state index in [1.54, 1.807) is 7.11 Å². The molecule has 0 amide bonds. The smallest absolute Gasteiger partial charge is 0.163 e. The maximum Gasteiger partial charge on any atom is 0.163 e. The number of hydrogen-bond donors (Lipinski definition) is 2. The summed E-state index contributed by atoms with van der Waals surface area (Å²) in [4.78, 5) is 13.9. The van der Waals surface area contributed by atoms with Crippen LogP contribution in [0.25, 0.3) is 0 Å². The van der Waals surface area contributed by atoms with Gasteiger partial charge < -0.3 is 24.8 Å². The van der Waals surface area contributed by atoms with Gasteiger partial charge in [0.2, 0.25) is 0 Å². The van der Waals surface area contributed by atoms with Crippen LogP contribution in [0.3, 0.4) is 0 Å². The first-order chi connectivity index (χ1) is 18.0. The third-order valence-corrected chi connectivity index (χ3v) is 6.85. The second-order valence-corrected chi connectivity index (χ2v) is 9.72. The van der Waals surface area contributed by atoms with Crippen molar-refractivity contribution in [2.24, 2.45) is 0 Å². The van der Waals surface area contributed by atoms with E-state index in [1.807, 2.05) is 81.4 Å². The van der Waals surface area contributed by atoms with Crippen LogP contribution in [0, 0.1) is 0 Å². The Morgan fingerprint density at radius 1 is 0.919 bits per heavy atom. The normalized spacial score (nSPS) is 18.8. The zero-order valence-corrected chi connectivity index (χ0v) is 21.8. The van der Waals surface area contributed by atoms with Gasteiger partial charge in [-0.25, -0.2) is 0 Å². The molecular weight excluding hydrogens is 464 g/mol. The van der Waals surface area contributed by atoms with E-state index in [1.165, 1.54) is 0 Å². The van der Waals surface area contributed by atoms with Crippen molar-refractivity contribution in [2.75, 3.05) is 24.4 Å². The fourth-order valence-electron chi connectivity index (χ4n) is 5.29. The average molecular weight is 499 g/mol. The van der Waals surface area contributed by atoms with E-state index in [-0.39, 0.29) is 23.8 Å². The quantitative estimate of drug-likeness (QED) is 0.371. The number of rotatable bonds is 7. The molecule has 1 aliphatic heterocycles. The number of fused-ring (bicyclic) bond motifs is 1. The fourth-order valence-corrected chi connectivity index (χ4v) is 5.29. The lowest BCUT2D eigenvalue weighted by molar-refractivity contribution is -0.116. The Hall–Kier alpha value is -3.93. The van der Waals surface area contributed by atoms with E-state index in [2.05, 4.69) is 16.7 Å². The molecular formula is C31H34N2O4. The van der Waals surface area contributed by atoms with Gasteiger partial charge in [0.25, 0.3) is 0 Å². The molecule has 192 valence electrons. The Bertz CT molecular complexity index is 1330. The van der Waals surface area contributed by atoms with E-state index in [4.69, 9.17) is 14.2 Å². The number of hydrogen-bond acceptors (Lipinski definition) is 6. The molecule has 0 bridgehead atoms. The molecule has 37 heavy (non-hydrogen) atoms. The van der Waals surface area contributed by atoms with Gasteiger partial charge in [-0.2, -0.15) is 0 Å². The Labute approximate surface area is 218 Å². The summed E-state index contributed by atoms with van der Waals surface area (Å²) in [6.07, 6.45) is 1.15. The minimum absolute atomic E-state index is 0.0262. The summed E-state index contributed by atoms with van der Waals surface area (Å²) >= 11 is 0. The third-order valence-electron chi connectivity index (χ3n) is 6.85. The summed E-state index contributed by atoms with van der Waals surface area (Å²) < 4.78 is 17.6. The summed E-state index contributed by atoms with van der Waals surface area (Å²) in [5.74, 6) is 2.35. The highest BCUT2D eigenvalue weighted by Gasteiger charge is 2.37. The Morgan fingerprint density at radius 3 is 2.43 bits per heavy atom. The molecule has 6 nitrogen and oxygen atoms in total. The molecule has 1 aliphatic carbocycles. The van der Waals surface area contributed by atoms with Gasteiger partial charge in [0.15, 0.2) is 17.3 Å². The number of para-hydroxylation sites is 3.